The summed E-state index contributed by atoms with van der Waals surface area (Å²) in [6.07, 6.45) is 1.71. The van der Waals surface area contributed by atoms with E-state index in [-0.39, 0.29) is 10.5 Å². The van der Waals surface area contributed by atoms with Crippen molar-refractivity contribution in [2.75, 3.05) is 5.75 Å². The third kappa shape index (κ3) is 6.86. The van der Waals surface area contributed by atoms with Gasteiger partial charge in [-0.25, -0.2) is 0 Å². The number of ketones is 1. The molecular weight excluding hydrogens is 328 g/mol. The van der Waals surface area contributed by atoms with E-state index in [9.17, 15) is 4.79 Å². The number of hydrogen-bond donors (Lipinski definition) is 0. The average Bonchev–Trinajstić information content (AvgIpc) is 2.25. The van der Waals surface area contributed by atoms with E-state index in [1.807, 2.05) is 21.6 Å². The molecule has 1 aromatic carbocycles. The number of carbonyl (C=O) groups is 1. The van der Waals surface area contributed by atoms with Crippen molar-refractivity contribution in [3.63, 3.8) is 0 Å². The van der Waals surface area contributed by atoms with E-state index >= 15 is 0 Å². The molecule has 100 valence electrons. The van der Waals surface area contributed by atoms with Crippen LogP contribution in [0.1, 0.15) is 32.8 Å². The minimum absolute atomic E-state index is 0.0379. The zero-order valence-electron chi connectivity index (χ0n) is 11.0. The third-order valence-electron chi connectivity index (χ3n) is 2.35. The Kier molecular flexibility index (Phi) is 6.82. The van der Waals surface area contributed by atoms with Crippen molar-refractivity contribution in [3.8, 4) is 0 Å². The molecule has 1 rings (SSSR count). The molecule has 0 saturated heterocycles. The van der Waals surface area contributed by atoms with Crippen molar-refractivity contribution in [1.29, 1.82) is 0 Å². The zero-order valence-corrected chi connectivity index (χ0v) is 14.3. The van der Waals surface area contributed by atoms with Gasteiger partial charge in [0.05, 0.1) is 0 Å². The topological polar surface area (TPSA) is 17.1 Å². The molecule has 0 radical (unpaired) electrons. The van der Waals surface area contributed by atoms with Gasteiger partial charge in [-0.15, -0.1) is 0 Å². The number of halogens is 1. The molecule has 0 amide bonds. The standard InChI is InChI=1S/C14H19BrOS2/c1-11(16)10-14(2,3)18-17-9-8-12-4-6-13(15)7-5-12/h4-7H,8-10H2,1-3H3. The molecule has 0 spiro atoms. The number of benzene rings is 1. The Labute approximate surface area is 126 Å². The summed E-state index contributed by atoms with van der Waals surface area (Å²) in [5, 5.41) is 0. The summed E-state index contributed by atoms with van der Waals surface area (Å²) in [6, 6.07) is 8.45. The first-order valence-corrected chi connectivity index (χ1v) is 9.05. The van der Waals surface area contributed by atoms with Gasteiger partial charge in [-0.1, -0.05) is 49.7 Å². The molecule has 0 bridgehead atoms. The predicted molar refractivity (Wildman–Crippen MR) is 87.3 cm³/mol. The summed E-state index contributed by atoms with van der Waals surface area (Å²) in [6.45, 7) is 5.92. The normalized spacial score (nSPS) is 11.6. The van der Waals surface area contributed by atoms with E-state index in [1.54, 1.807) is 6.92 Å². The Morgan fingerprint density at radius 3 is 2.44 bits per heavy atom. The van der Waals surface area contributed by atoms with Gasteiger partial charge in [0.1, 0.15) is 5.78 Å². The van der Waals surface area contributed by atoms with E-state index in [0.717, 1.165) is 16.6 Å². The van der Waals surface area contributed by atoms with Gasteiger partial charge in [-0.3, -0.25) is 4.79 Å². The smallest absolute Gasteiger partial charge is 0.131 e. The zero-order chi connectivity index (χ0) is 13.6. The van der Waals surface area contributed by atoms with Gasteiger partial charge in [0.2, 0.25) is 0 Å². The van der Waals surface area contributed by atoms with Crippen molar-refractivity contribution in [3.05, 3.63) is 34.3 Å². The van der Waals surface area contributed by atoms with Crippen LogP contribution in [-0.4, -0.2) is 16.3 Å². The number of carbonyl (C=O) groups excluding carboxylic acids is 1. The second-order valence-electron chi connectivity index (χ2n) is 4.92. The summed E-state index contributed by atoms with van der Waals surface area (Å²) in [5.74, 6) is 1.34. The van der Waals surface area contributed by atoms with Crippen LogP contribution >= 0.6 is 37.5 Å². The Morgan fingerprint density at radius 2 is 1.89 bits per heavy atom. The molecular formula is C14H19BrOS2. The average molecular weight is 347 g/mol. The fourth-order valence-electron chi connectivity index (χ4n) is 1.64. The molecule has 0 aliphatic rings. The summed E-state index contributed by atoms with van der Waals surface area (Å²) in [4.78, 5) is 11.1. The van der Waals surface area contributed by atoms with Crippen molar-refractivity contribution in [2.45, 2.75) is 38.4 Å². The summed E-state index contributed by atoms with van der Waals surface area (Å²) in [5.41, 5.74) is 1.36. The minimum atomic E-state index is 0.0379. The second kappa shape index (κ2) is 7.61. The van der Waals surface area contributed by atoms with Gasteiger partial charge in [-0.2, -0.15) is 0 Å². The molecule has 1 aromatic rings. The third-order valence-corrected chi connectivity index (χ3v) is 6.17. The number of rotatable bonds is 7. The first kappa shape index (κ1) is 16.1. The van der Waals surface area contributed by atoms with Crippen LogP contribution in [0.15, 0.2) is 28.7 Å². The lowest BCUT2D eigenvalue weighted by atomic mass is 10.1. The van der Waals surface area contributed by atoms with Gasteiger partial charge < -0.3 is 0 Å². The fourth-order valence-corrected chi connectivity index (χ4v) is 4.52. The number of Topliss-reactive ketones (excluding diaryl/α,β-unsaturated/α-hetero) is 1. The van der Waals surface area contributed by atoms with Crippen LogP contribution in [0.2, 0.25) is 0 Å². The van der Waals surface area contributed by atoms with Crippen molar-refractivity contribution in [1.82, 2.24) is 0 Å². The molecule has 0 heterocycles. The molecule has 1 nitrogen and oxygen atoms in total. The highest BCUT2D eigenvalue weighted by Gasteiger charge is 2.20. The van der Waals surface area contributed by atoms with Crippen molar-refractivity contribution >= 4 is 43.3 Å². The molecule has 0 unspecified atom stereocenters. The lowest BCUT2D eigenvalue weighted by Gasteiger charge is -2.21. The van der Waals surface area contributed by atoms with Crippen molar-refractivity contribution in [2.24, 2.45) is 0 Å². The van der Waals surface area contributed by atoms with Crippen LogP contribution in [0, 0.1) is 0 Å². The maximum atomic E-state index is 11.1. The maximum Gasteiger partial charge on any atom is 0.131 e. The second-order valence-corrected chi connectivity index (χ2v) is 8.96. The first-order chi connectivity index (χ1) is 8.39. The Hall–Kier alpha value is 0.0700. The van der Waals surface area contributed by atoms with Gasteiger partial charge in [-0.05, 0) is 44.9 Å². The van der Waals surface area contributed by atoms with E-state index in [1.165, 1.54) is 5.56 Å². The molecule has 0 aliphatic heterocycles. The van der Waals surface area contributed by atoms with Crippen LogP contribution in [0.25, 0.3) is 0 Å². The van der Waals surface area contributed by atoms with Gasteiger partial charge in [0, 0.05) is 21.4 Å². The van der Waals surface area contributed by atoms with Crippen LogP contribution in [0.3, 0.4) is 0 Å². The largest absolute Gasteiger partial charge is 0.300 e. The van der Waals surface area contributed by atoms with Crippen LogP contribution in [-0.2, 0) is 11.2 Å². The summed E-state index contributed by atoms with van der Waals surface area (Å²) >= 11 is 3.43. The van der Waals surface area contributed by atoms with Gasteiger partial charge >= 0.3 is 0 Å². The molecule has 4 heteroatoms. The highest BCUT2D eigenvalue weighted by molar-refractivity contribution is 9.10. The van der Waals surface area contributed by atoms with E-state index in [4.69, 9.17) is 0 Å². The quantitative estimate of drug-likeness (QED) is 0.503. The minimum Gasteiger partial charge on any atom is -0.300 e. The maximum absolute atomic E-state index is 11.1. The van der Waals surface area contributed by atoms with Crippen LogP contribution in [0.4, 0.5) is 0 Å². The lowest BCUT2D eigenvalue weighted by Crippen LogP contribution is -2.17. The molecule has 18 heavy (non-hydrogen) atoms. The molecule has 0 atom stereocenters. The Morgan fingerprint density at radius 1 is 1.28 bits per heavy atom. The van der Waals surface area contributed by atoms with E-state index in [0.29, 0.717) is 6.42 Å². The molecule has 0 aliphatic carbocycles. The lowest BCUT2D eigenvalue weighted by molar-refractivity contribution is -0.117. The molecule has 0 saturated carbocycles. The molecule has 0 N–H and O–H groups in total. The first-order valence-electron chi connectivity index (χ1n) is 5.93. The predicted octanol–water partition coefficient (Wildman–Crippen LogP) is 5.13. The number of aryl methyl sites for hydroxylation is 1. The molecule has 0 aromatic heterocycles. The SMILES string of the molecule is CC(=O)CC(C)(C)SSCCc1ccc(Br)cc1. The van der Waals surface area contributed by atoms with Crippen LogP contribution < -0.4 is 0 Å². The monoisotopic (exact) mass is 346 g/mol. The van der Waals surface area contributed by atoms with Gasteiger partial charge in [0.25, 0.3) is 0 Å². The van der Waals surface area contributed by atoms with Gasteiger partial charge in [0.15, 0.2) is 0 Å². The van der Waals surface area contributed by atoms with E-state index in [2.05, 4.69) is 54.0 Å². The van der Waals surface area contributed by atoms with Crippen molar-refractivity contribution < 1.29 is 4.79 Å². The fraction of sp³-hybridized carbons (Fsp3) is 0.500. The summed E-state index contributed by atoms with van der Waals surface area (Å²) in [7, 11) is 3.67. The highest BCUT2D eigenvalue weighted by Crippen LogP contribution is 2.38. The molecule has 0 fully saturated rings. The number of hydrogen-bond acceptors (Lipinski definition) is 3. The Bertz CT molecular complexity index is 387. The van der Waals surface area contributed by atoms with Crippen LogP contribution in [0.5, 0.6) is 0 Å². The Balaban J connectivity index is 2.26. The highest BCUT2D eigenvalue weighted by atomic mass is 79.9. The van der Waals surface area contributed by atoms with E-state index < -0.39 is 0 Å². The summed E-state index contributed by atoms with van der Waals surface area (Å²) < 4.78 is 1.16.